The SMILES string of the molecule is COc1cc([C@@H]2Nc3ccc(C(=O)O)cc3[C@@H]3C=CC[C@@H]32)cc(Br)c1OCc1ccc(Cl)cc1. The molecule has 0 spiro atoms. The predicted molar refractivity (Wildman–Crippen MR) is 136 cm³/mol. The molecule has 7 heteroatoms. The Kier molecular flexibility index (Phi) is 6.28. The number of aromatic carboxylic acids is 1. The zero-order valence-electron chi connectivity index (χ0n) is 18.4. The lowest BCUT2D eigenvalue weighted by Gasteiger charge is -2.38. The van der Waals surface area contributed by atoms with Crippen LogP contribution in [0, 0.1) is 5.92 Å². The molecule has 1 aliphatic heterocycles. The fourth-order valence-electron chi connectivity index (χ4n) is 4.85. The summed E-state index contributed by atoms with van der Waals surface area (Å²) in [5, 5.41) is 13.8. The third-order valence-electron chi connectivity index (χ3n) is 6.52. The number of ether oxygens (including phenoxy) is 2. The Bertz CT molecular complexity index is 1270. The Morgan fingerprint density at radius 3 is 2.71 bits per heavy atom. The molecule has 34 heavy (non-hydrogen) atoms. The summed E-state index contributed by atoms with van der Waals surface area (Å²) in [4.78, 5) is 11.5. The van der Waals surface area contributed by atoms with E-state index in [4.69, 9.17) is 21.1 Å². The third-order valence-corrected chi connectivity index (χ3v) is 7.36. The van der Waals surface area contributed by atoms with Crippen molar-refractivity contribution >= 4 is 39.2 Å². The molecule has 1 aliphatic carbocycles. The normalized spacial score (nSPS) is 20.3. The van der Waals surface area contributed by atoms with Crippen molar-refractivity contribution in [2.24, 2.45) is 5.92 Å². The van der Waals surface area contributed by atoms with Crippen molar-refractivity contribution in [3.63, 3.8) is 0 Å². The summed E-state index contributed by atoms with van der Waals surface area (Å²) >= 11 is 9.67. The molecular weight excluding hydrogens is 518 g/mol. The van der Waals surface area contributed by atoms with Crippen LogP contribution in [0.2, 0.25) is 5.02 Å². The van der Waals surface area contributed by atoms with E-state index in [1.54, 1.807) is 19.2 Å². The van der Waals surface area contributed by atoms with E-state index in [-0.39, 0.29) is 17.9 Å². The number of anilines is 1. The Hall–Kier alpha value is -2.96. The lowest BCUT2D eigenvalue weighted by molar-refractivity contribution is 0.0696. The summed E-state index contributed by atoms with van der Waals surface area (Å²) in [5.74, 6) is 0.811. The summed E-state index contributed by atoms with van der Waals surface area (Å²) in [6.07, 6.45) is 5.29. The van der Waals surface area contributed by atoms with Crippen molar-refractivity contribution in [2.45, 2.75) is 25.0 Å². The van der Waals surface area contributed by atoms with Crippen molar-refractivity contribution in [3.05, 3.63) is 98.5 Å². The second kappa shape index (κ2) is 9.35. The predicted octanol–water partition coefficient (Wildman–Crippen LogP) is 7.21. The van der Waals surface area contributed by atoms with Gasteiger partial charge in [-0.25, -0.2) is 4.79 Å². The van der Waals surface area contributed by atoms with E-state index in [0.29, 0.717) is 28.7 Å². The summed E-state index contributed by atoms with van der Waals surface area (Å²) in [6.45, 7) is 0.390. The molecule has 1 heterocycles. The molecule has 0 saturated heterocycles. The molecule has 3 atom stereocenters. The lowest BCUT2D eigenvalue weighted by Crippen LogP contribution is -2.29. The molecule has 0 aromatic heterocycles. The van der Waals surface area contributed by atoms with Crippen molar-refractivity contribution < 1.29 is 19.4 Å². The average molecular weight is 541 g/mol. The van der Waals surface area contributed by atoms with Gasteiger partial charge in [0.2, 0.25) is 0 Å². The van der Waals surface area contributed by atoms with Gasteiger partial charge in [-0.15, -0.1) is 0 Å². The van der Waals surface area contributed by atoms with Crippen LogP contribution in [0.25, 0.3) is 0 Å². The Morgan fingerprint density at radius 2 is 1.97 bits per heavy atom. The van der Waals surface area contributed by atoms with Gasteiger partial charge in [-0.3, -0.25) is 0 Å². The zero-order valence-corrected chi connectivity index (χ0v) is 20.8. The Morgan fingerprint density at radius 1 is 1.18 bits per heavy atom. The zero-order chi connectivity index (χ0) is 23.8. The number of methoxy groups -OCH3 is 1. The van der Waals surface area contributed by atoms with Crippen LogP contribution in [0.3, 0.4) is 0 Å². The first kappa shape index (κ1) is 22.8. The smallest absolute Gasteiger partial charge is 0.335 e. The highest BCUT2D eigenvalue weighted by atomic mass is 79.9. The maximum absolute atomic E-state index is 11.5. The number of halogens is 2. The minimum absolute atomic E-state index is 0.0405. The molecule has 0 amide bonds. The molecule has 0 saturated carbocycles. The number of hydrogen-bond acceptors (Lipinski definition) is 4. The van der Waals surface area contributed by atoms with Gasteiger partial charge in [0.15, 0.2) is 11.5 Å². The van der Waals surface area contributed by atoms with Gasteiger partial charge in [0.05, 0.1) is 23.2 Å². The largest absolute Gasteiger partial charge is 0.493 e. The van der Waals surface area contributed by atoms with Gasteiger partial charge in [-0.2, -0.15) is 0 Å². The maximum atomic E-state index is 11.5. The molecule has 0 fully saturated rings. The maximum Gasteiger partial charge on any atom is 0.335 e. The van der Waals surface area contributed by atoms with Crippen molar-refractivity contribution in [1.29, 1.82) is 0 Å². The van der Waals surface area contributed by atoms with Crippen LogP contribution in [0.1, 0.15) is 45.4 Å². The molecular formula is C27H23BrClNO4. The fraction of sp³-hybridized carbons (Fsp3) is 0.222. The second-order valence-electron chi connectivity index (χ2n) is 8.53. The topological polar surface area (TPSA) is 67.8 Å². The van der Waals surface area contributed by atoms with Gasteiger partial charge in [-0.05, 0) is 87.4 Å². The van der Waals surface area contributed by atoms with Gasteiger partial charge in [-0.1, -0.05) is 35.9 Å². The Labute approximate surface area is 211 Å². The highest BCUT2D eigenvalue weighted by Crippen LogP contribution is 2.51. The minimum Gasteiger partial charge on any atom is -0.493 e. The van der Waals surface area contributed by atoms with Crippen LogP contribution in [0.15, 0.2) is 71.2 Å². The van der Waals surface area contributed by atoms with Crippen LogP contribution in [-0.4, -0.2) is 18.2 Å². The van der Waals surface area contributed by atoms with E-state index in [9.17, 15) is 9.90 Å². The van der Waals surface area contributed by atoms with Crippen LogP contribution in [-0.2, 0) is 6.61 Å². The van der Waals surface area contributed by atoms with Crippen LogP contribution < -0.4 is 14.8 Å². The summed E-state index contributed by atoms with van der Waals surface area (Å²) in [5.41, 5.74) is 4.39. The van der Waals surface area contributed by atoms with Crippen molar-refractivity contribution in [2.75, 3.05) is 12.4 Å². The number of hydrogen-bond donors (Lipinski definition) is 2. The highest BCUT2D eigenvalue weighted by molar-refractivity contribution is 9.10. The number of fused-ring (bicyclic) bond motifs is 3. The standard InChI is InChI=1S/C27H23BrClNO4/c1-33-24-13-17(12-22(28)26(24)34-14-15-5-8-18(29)9-6-15)25-20-4-2-3-19(20)21-11-16(27(31)32)7-10-23(21)30-25/h2-3,5-13,19-20,25,30H,4,14H2,1H3,(H,31,32)/t19-,20+,25+/m1/s1. The van der Waals surface area contributed by atoms with E-state index in [1.807, 2.05) is 36.4 Å². The van der Waals surface area contributed by atoms with Gasteiger partial charge in [0, 0.05) is 16.6 Å². The number of benzene rings is 3. The molecule has 3 aromatic rings. The molecule has 2 aliphatic rings. The molecule has 3 aromatic carbocycles. The highest BCUT2D eigenvalue weighted by Gasteiger charge is 2.38. The third kappa shape index (κ3) is 4.28. The van der Waals surface area contributed by atoms with Crippen LogP contribution in [0.4, 0.5) is 5.69 Å². The molecule has 0 radical (unpaired) electrons. The first-order valence-electron chi connectivity index (χ1n) is 11.0. The van der Waals surface area contributed by atoms with Crippen LogP contribution >= 0.6 is 27.5 Å². The second-order valence-corrected chi connectivity index (χ2v) is 9.82. The van der Waals surface area contributed by atoms with E-state index in [2.05, 4.69) is 39.5 Å². The first-order chi connectivity index (χ1) is 16.4. The first-order valence-corrected chi connectivity index (χ1v) is 12.2. The number of allylic oxidation sites excluding steroid dienone is 2. The molecule has 0 bridgehead atoms. The number of nitrogens with one attached hydrogen (secondary N) is 1. The lowest BCUT2D eigenvalue weighted by atomic mass is 9.76. The van der Waals surface area contributed by atoms with Crippen molar-refractivity contribution in [3.8, 4) is 11.5 Å². The van der Waals surface area contributed by atoms with Crippen molar-refractivity contribution in [1.82, 2.24) is 0 Å². The molecule has 2 N–H and O–H groups in total. The summed E-state index contributed by atoms with van der Waals surface area (Å²) in [6, 6.07) is 17.0. The summed E-state index contributed by atoms with van der Waals surface area (Å²) < 4.78 is 12.6. The Balaban J connectivity index is 1.45. The van der Waals surface area contributed by atoms with Crippen LogP contribution in [0.5, 0.6) is 11.5 Å². The quantitative estimate of drug-likeness (QED) is 0.323. The minimum atomic E-state index is -0.911. The molecule has 0 unspecified atom stereocenters. The molecule has 5 rings (SSSR count). The van der Waals surface area contributed by atoms with E-state index >= 15 is 0 Å². The monoisotopic (exact) mass is 539 g/mol. The number of rotatable bonds is 6. The average Bonchev–Trinajstić information content (AvgIpc) is 3.33. The number of carboxylic acids is 1. The summed E-state index contributed by atoms with van der Waals surface area (Å²) in [7, 11) is 1.64. The number of carboxylic acid groups (broad SMARTS) is 1. The number of carbonyl (C=O) groups is 1. The van der Waals surface area contributed by atoms with E-state index < -0.39 is 5.97 Å². The van der Waals surface area contributed by atoms with Gasteiger partial charge >= 0.3 is 5.97 Å². The fourth-order valence-corrected chi connectivity index (χ4v) is 5.55. The van der Waals surface area contributed by atoms with E-state index in [1.165, 1.54) is 0 Å². The molecule has 174 valence electrons. The molecule has 5 nitrogen and oxygen atoms in total. The van der Waals surface area contributed by atoms with Gasteiger partial charge in [0.25, 0.3) is 0 Å². The van der Waals surface area contributed by atoms with Gasteiger partial charge in [0.1, 0.15) is 6.61 Å². The van der Waals surface area contributed by atoms with Gasteiger partial charge < -0.3 is 19.9 Å². The van der Waals surface area contributed by atoms with E-state index in [0.717, 1.165) is 33.3 Å².